The van der Waals surface area contributed by atoms with Crippen LogP contribution in [0.25, 0.3) is 0 Å². The summed E-state index contributed by atoms with van der Waals surface area (Å²) >= 11 is 0. The van der Waals surface area contributed by atoms with Gasteiger partial charge in [0.15, 0.2) is 0 Å². The van der Waals surface area contributed by atoms with E-state index in [4.69, 9.17) is 4.74 Å². The van der Waals surface area contributed by atoms with Gasteiger partial charge in [0, 0.05) is 18.2 Å². The first kappa shape index (κ1) is 11.5. The summed E-state index contributed by atoms with van der Waals surface area (Å²) in [4.78, 5) is 0. The summed E-state index contributed by atoms with van der Waals surface area (Å²) in [5, 5.41) is 3.58. The van der Waals surface area contributed by atoms with Crippen LogP contribution in [0, 0.1) is 5.41 Å². The molecule has 0 bridgehead atoms. The Labute approximate surface area is 98.0 Å². The third-order valence-corrected chi connectivity index (χ3v) is 3.32. The first-order valence-corrected chi connectivity index (χ1v) is 6.07. The zero-order valence-corrected chi connectivity index (χ0v) is 10.4. The number of ether oxygens (including phenoxy) is 1. The molecule has 1 aliphatic rings. The standard InChI is InChI=1S/C14H21NO/c1-4-16-12-8-6-5-7-11(12)10-15-13-9-14(13,2)3/h5-8,13,15H,4,9-10H2,1-3H3. The highest BCUT2D eigenvalue weighted by Gasteiger charge is 2.45. The Hall–Kier alpha value is -1.02. The molecule has 88 valence electrons. The molecule has 1 aromatic carbocycles. The number of benzene rings is 1. The van der Waals surface area contributed by atoms with Crippen molar-refractivity contribution in [1.29, 1.82) is 0 Å². The number of hydrogen-bond acceptors (Lipinski definition) is 2. The lowest BCUT2D eigenvalue weighted by Gasteiger charge is -2.11. The fraction of sp³-hybridized carbons (Fsp3) is 0.571. The quantitative estimate of drug-likeness (QED) is 0.822. The maximum Gasteiger partial charge on any atom is 0.123 e. The fourth-order valence-electron chi connectivity index (χ4n) is 1.99. The maximum absolute atomic E-state index is 5.60. The summed E-state index contributed by atoms with van der Waals surface area (Å²) in [6.45, 7) is 8.27. The minimum atomic E-state index is 0.487. The van der Waals surface area contributed by atoms with Crippen LogP contribution in [-0.2, 0) is 6.54 Å². The van der Waals surface area contributed by atoms with E-state index in [1.165, 1.54) is 12.0 Å². The Bertz CT molecular complexity index is 360. The van der Waals surface area contributed by atoms with E-state index >= 15 is 0 Å². The van der Waals surface area contributed by atoms with Crippen LogP contribution in [-0.4, -0.2) is 12.6 Å². The van der Waals surface area contributed by atoms with E-state index in [1.807, 2.05) is 19.1 Å². The summed E-state index contributed by atoms with van der Waals surface area (Å²) < 4.78 is 5.60. The largest absolute Gasteiger partial charge is 0.494 e. The van der Waals surface area contributed by atoms with Gasteiger partial charge in [-0.2, -0.15) is 0 Å². The van der Waals surface area contributed by atoms with Crippen LogP contribution < -0.4 is 10.1 Å². The molecule has 1 aromatic rings. The number of para-hydroxylation sites is 1. The van der Waals surface area contributed by atoms with Gasteiger partial charge in [0.2, 0.25) is 0 Å². The van der Waals surface area contributed by atoms with Gasteiger partial charge in [0.25, 0.3) is 0 Å². The molecule has 1 aliphatic carbocycles. The average Bonchev–Trinajstić information content (AvgIpc) is 2.86. The minimum Gasteiger partial charge on any atom is -0.494 e. The van der Waals surface area contributed by atoms with Crippen molar-refractivity contribution in [3.05, 3.63) is 29.8 Å². The van der Waals surface area contributed by atoms with Gasteiger partial charge >= 0.3 is 0 Å². The van der Waals surface area contributed by atoms with Gasteiger partial charge in [-0.3, -0.25) is 0 Å². The first-order valence-electron chi connectivity index (χ1n) is 6.07. The summed E-state index contributed by atoms with van der Waals surface area (Å²) in [5.41, 5.74) is 1.74. The monoisotopic (exact) mass is 219 g/mol. The first-order chi connectivity index (χ1) is 7.63. The van der Waals surface area contributed by atoms with Crippen molar-refractivity contribution < 1.29 is 4.74 Å². The molecule has 2 heteroatoms. The zero-order chi connectivity index (χ0) is 11.6. The van der Waals surface area contributed by atoms with Crippen molar-refractivity contribution in [3.8, 4) is 5.75 Å². The second kappa shape index (κ2) is 4.46. The van der Waals surface area contributed by atoms with Crippen LogP contribution in [0.2, 0.25) is 0 Å². The molecule has 2 nitrogen and oxygen atoms in total. The Balaban J connectivity index is 1.93. The molecular weight excluding hydrogens is 198 g/mol. The van der Waals surface area contributed by atoms with Gasteiger partial charge in [0.05, 0.1) is 6.61 Å². The van der Waals surface area contributed by atoms with Crippen LogP contribution in [0.3, 0.4) is 0 Å². The second-order valence-corrected chi connectivity index (χ2v) is 5.17. The van der Waals surface area contributed by atoms with Crippen molar-refractivity contribution in [2.75, 3.05) is 6.61 Å². The molecule has 2 rings (SSSR count). The highest BCUT2D eigenvalue weighted by molar-refractivity contribution is 5.33. The molecule has 1 atom stereocenters. The molecule has 0 spiro atoms. The molecule has 1 unspecified atom stereocenters. The van der Waals surface area contributed by atoms with E-state index in [-0.39, 0.29) is 0 Å². The Kier molecular flexibility index (Phi) is 3.20. The summed E-state index contributed by atoms with van der Waals surface area (Å²) in [6, 6.07) is 8.93. The van der Waals surface area contributed by atoms with Gasteiger partial charge in [-0.1, -0.05) is 32.0 Å². The Morgan fingerprint density at radius 1 is 1.38 bits per heavy atom. The minimum absolute atomic E-state index is 0.487. The van der Waals surface area contributed by atoms with E-state index in [9.17, 15) is 0 Å². The molecule has 0 aliphatic heterocycles. The fourth-order valence-corrected chi connectivity index (χ4v) is 1.99. The summed E-state index contributed by atoms with van der Waals surface area (Å²) in [7, 11) is 0. The molecule has 1 fully saturated rings. The van der Waals surface area contributed by atoms with Crippen LogP contribution in [0.4, 0.5) is 0 Å². The normalized spacial score (nSPS) is 21.8. The van der Waals surface area contributed by atoms with E-state index in [1.54, 1.807) is 0 Å². The number of hydrogen-bond donors (Lipinski definition) is 1. The molecule has 0 amide bonds. The van der Waals surface area contributed by atoms with Crippen LogP contribution in [0.15, 0.2) is 24.3 Å². The third-order valence-electron chi connectivity index (χ3n) is 3.32. The third kappa shape index (κ3) is 2.56. The maximum atomic E-state index is 5.60. The number of nitrogens with one attached hydrogen (secondary N) is 1. The topological polar surface area (TPSA) is 21.3 Å². The van der Waals surface area contributed by atoms with Gasteiger partial charge in [-0.15, -0.1) is 0 Å². The molecule has 1 N–H and O–H groups in total. The molecule has 0 radical (unpaired) electrons. The average molecular weight is 219 g/mol. The van der Waals surface area contributed by atoms with E-state index in [0.29, 0.717) is 11.5 Å². The van der Waals surface area contributed by atoms with Gasteiger partial charge in [0.1, 0.15) is 5.75 Å². The molecule has 0 saturated heterocycles. The van der Waals surface area contributed by atoms with E-state index in [2.05, 4.69) is 31.3 Å². The van der Waals surface area contributed by atoms with Crippen LogP contribution in [0.1, 0.15) is 32.8 Å². The zero-order valence-electron chi connectivity index (χ0n) is 10.4. The predicted octanol–water partition coefficient (Wildman–Crippen LogP) is 2.97. The van der Waals surface area contributed by atoms with E-state index in [0.717, 1.165) is 18.9 Å². The van der Waals surface area contributed by atoms with Crippen molar-refractivity contribution >= 4 is 0 Å². The lowest BCUT2D eigenvalue weighted by Crippen LogP contribution is -2.20. The Morgan fingerprint density at radius 3 is 2.69 bits per heavy atom. The van der Waals surface area contributed by atoms with Crippen molar-refractivity contribution in [2.24, 2.45) is 5.41 Å². The van der Waals surface area contributed by atoms with Gasteiger partial charge < -0.3 is 10.1 Å². The van der Waals surface area contributed by atoms with Crippen LogP contribution in [0.5, 0.6) is 5.75 Å². The van der Waals surface area contributed by atoms with Crippen molar-refractivity contribution in [3.63, 3.8) is 0 Å². The van der Waals surface area contributed by atoms with Crippen molar-refractivity contribution in [2.45, 2.75) is 39.8 Å². The number of rotatable bonds is 5. The van der Waals surface area contributed by atoms with Gasteiger partial charge in [-0.05, 0) is 24.8 Å². The summed E-state index contributed by atoms with van der Waals surface area (Å²) in [6.07, 6.45) is 1.28. The molecule has 0 aromatic heterocycles. The second-order valence-electron chi connectivity index (χ2n) is 5.17. The lowest BCUT2D eigenvalue weighted by atomic mass is 10.1. The van der Waals surface area contributed by atoms with Gasteiger partial charge in [-0.25, -0.2) is 0 Å². The smallest absolute Gasteiger partial charge is 0.123 e. The van der Waals surface area contributed by atoms with Crippen molar-refractivity contribution in [1.82, 2.24) is 5.32 Å². The molecule has 1 saturated carbocycles. The molecular formula is C14H21NO. The van der Waals surface area contributed by atoms with E-state index < -0.39 is 0 Å². The summed E-state index contributed by atoms with van der Waals surface area (Å²) in [5.74, 6) is 1.01. The predicted molar refractivity (Wildman–Crippen MR) is 66.6 cm³/mol. The highest BCUT2D eigenvalue weighted by Crippen LogP contribution is 2.44. The SMILES string of the molecule is CCOc1ccccc1CNC1CC1(C)C. The lowest BCUT2D eigenvalue weighted by molar-refractivity contribution is 0.335. The molecule has 0 heterocycles. The highest BCUT2D eigenvalue weighted by atomic mass is 16.5. The van der Waals surface area contributed by atoms with Crippen LogP contribution >= 0.6 is 0 Å². The molecule has 16 heavy (non-hydrogen) atoms. The Morgan fingerprint density at radius 2 is 2.06 bits per heavy atom.